The molecule has 0 bridgehead atoms. The lowest BCUT2D eigenvalue weighted by Gasteiger charge is -2.26. The summed E-state index contributed by atoms with van der Waals surface area (Å²) < 4.78 is 5.03. The van der Waals surface area contributed by atoms with E-state index >= 15 is 0 Å². The molecule has 0 spiro atoms. The van der Waals surface area contributed by atoms with Gasteiger partial charge in [-0.1, -0.05) is 12.8 Å². The lowest BCUT2D eigenvalue weighted by atomic mass is 10.1. The summed E-state index contributed by atoms with van der Waals surface area (Å²) in [6, 6.07) is 0. The van der Waals surface area contributed by atoms with Gasteiger partial charge in [0.1, 0.15) is 0 Å². The van der Waals surface area contributed by atoms with Crippen LogP contribution in [0.4, 0.5) is 0 Å². The van der Waals surface area contributed by atoms with Crippen LogP contribution in [0.2, 0.25) is 0 Å². The Labute approximate surface area is 130 Å². The number of aliphatic imine (C=N–C) groups is 1. The van der Waals surface area contributed by atoms with Gasteiger partial charge in [0.2, 0.25) is 0 Å². The standard InChI is InChI=1S/C16H34N4O/c1-17-16(19-11-9-15-21-2)18-10-5-3-6-12-20-13-7-4-8-14-20/h3-15H2,1-2H3,(H2,17,18,19). The van der Waals surface area contributed by atoms with Crippen LogP contribution in [0.15, 0.2) is 4.99 Å². The van der Waals surface area contributed by atoms with Gasteiger partial charge in [-0.25, -0.2) is 0 Å². The van der Waals surface area contributed by atoms with Gasteiger partial charge in [0.05, 0.1) is 0 Å². The normalized spacial score (nSPS) is 17.0. The first kappa shape index (κ1) is 18.2. The maximum Gasteiger partial charge on any atom is 0.190 e. The molecule has 124 valence electrons. The van der Waals surface area contributed by atoms with Crippen molar-refractivity contribution < 1.29 is 4.74 Å². The average Bonchev–Trinajstić information content (AvgIpc) is 2.53. The van der Waals surface area contributed by atoms with Gasteiger partial charge in [-0.2, -0.15) is 0 Å². The Kier molecular flexibility index (Phi) is 11.2. The van der Waals surface area contributed by atoms with Gasteiger partial charge in [-0.05, 0) is 51.7 Å². The number of nitrogens with one attached hydrogen (secondary N) is 2. The second-order valence-corrected chi connectivity index (χ2v) is 5.74. The molecule has 0 atom stereocenters. The van der Waals surface area contributed by atoms with Crippen molar-refractivity contribution in [2.75, 3.05) is 53.5 Å². The van der Waals surface area contributed by atoms with Crippen molar-refractivity contribution in [1.29, 1.82) is 0 Å². The van der Waals surface area contributed by atoms with Crippen molar-refractivity contribution in [2.45, 2.75) is 44.9 Å². The van der Waals surface area contributed by atoms with Gasteiger partial charge >= 0.3 is 0 Å². The van der Waals surface area contributed by atoms with E-state index < -0.39 is 0 Å². The predicted octanol–water partition coefficient (Wildman–Crippen LogP) is 1.84. The summed E-state index contributed by atoms with van der Waals surface area (Å²) in [5.41, 5.74) is 0. The molecule has 0 aromatic heterocycles. The van der Waals surface area contributed by atoms with E-state index in [0.717, 1.165) is 32.1 Å². The maximum atomic E-state index is 5.03. The van der Waals surface area contributed by atoms with Crippen LogP contribution in [0.5, 0.6) is 0 Å². The van der Waals surface area contributed by atoms with E-state index in [0.29, 0.717) is 0 Å². The highest BCUT2D eigenvalue weighted by atomic mass is 16.5. The minimum absolute atomic E-state index is 0.792. The first-order valence-electron chi connectivity index (χ1n) is 8.52. The molecule has 0 aromatic rings. The molecule has 0 radical (unpaired) electrons. The number of guanidine groups is 1. The van der Waals surface area contributed by atoms with Crippen molar-refractivity contribution in [3.8, 4) is 0 Å². The second-order valence-electron chi connectivity index (χ2n) is 5.74. The van der Waals surface area contributed by atoms with Gasteiger partial charge in [-0.3, -0.25) is 4.99 Å². The quantitative estimate of drug-likeness (QED) is 0.367. The first-order valence-corrected chi connectivity index (χ1v) is 8.52. The van der Waals surface area contributed by atoms with Crippen LogP contribution < -0.4 is 10.6 Å². The molecule has 0 unspecified atom stereocenters. The molecule has 2 N–H and O–H groups in total. The number of piperidine rings is 1. The number of unbranched alkanes of at least 4 members (excludes halogenated alkanes) is 2. The third-order valence-corrected chi connectivity index (χ3v) is 3.93. The van der Waals surface area contributed by atoms with E-state index in [9.17, 15) is 0 Å². The lowest BCUT2D eigenvalue weighted by Crippen LogP contribution is -2.38. The van der Waals surface area contributed by atoms with Crippen LogP contribution in [-0.4, -0.2) is 64.3 Å². The molecule has 0 aliphatic carbocycles. The average molecular weight is 298 g/mol. The number of nitrogens with zero attached hydrogens (tertiary/aromatic N) is 2. The van der Waals surface area contributed by atoms with Crippen LogP contribution in [0.3, 0.4) is 0 Å². The highest BCUT2D eigenvalue weighted by Gasteiger charge is 2.08. The van der Waals surface area contributed by atoms with Crippen LogP contribution >= 0.6 is 0 Å². The largest absolute Gasteiger partial charge is 0.385 e. The third kappa shape index (κ3) is 9.69. The first-order chi connectivity index (χ1) is 10.4. The Morgan fingerprint density at radius 3 is 2.38 bits per heavy atom. The second kappa shape index (κ2) is 12.9. The van der Waals surface area contributed by atoms with E-state index in [4.69, 9.17) is 4.74 Å². The summed E-state index contributed by atoms with van der Waals surface area (Å²) in [5, 5.41) is 6.67. The molecule has 1 rings (SSSR count). The van der Waals surface area contributed by atoms with E-state index in [1.165, 1.54) is 58.2 Å². The van der Waals surface area contributed by atoms with Crippen LogP contribution in [0.25, 0.3) is 0 Å². The summed E-state index contributed by atoms with van der Waals surface area (Å²) in [6.45, 7) is 6.61. The molecule has 1 aliphatic heterocycles. The van der Waals surface area contributed by atoms with E-state index in [1.807, 2.05) is 7.05 Å². The minimum atomic E-state index is 0.792. The van der Waals surface area contributed by atoms with Gasteiger partial charge in [0.15, 0.2) is 5.96 Å². The van der Waals surface area contributed by atoms with Gasteiger partial charge in [0.25, 0.3) is 0 Å². The van der Waals surface area contributed by atoms with Crippen LogP contribution in [0.1, 0.15) is 44.9 Å². The number of hydrogen-bond acceptors (Lipinski definition) is 3. The molecule has 1 aliphatic rings. The van der Waals surface area contributed by atoms with Crippen molar-refractivity contribution in [2.24, 2.45) is 4.99 Å². The third-order valence-electron chi connectivity index (χ3n) is 3.93. The molecule has 5 heteroatoms. The lowest BCUT2D eigenvalue weighted by molar-refractivity contribution is 0.195. The summed E-state index contributed by atoms with van der Waals surface area (Å²) >= 11 is 0. The number of rotatable bonds is 10. The highest BCUT2D eigenvalue weighted by Crippen LogP contribution is 2.09. The fraction of sp³-hybridized carbons (Fsp3) is 0.938. The number of ether oxygens (including phenoxy) is 1. The fourth-order valence-corrected chi connectivity index (χ4v) is 2.67. The molecule has 21 heavy (non-hydrogen) atoms. The molecule has 0 amide bonds. The number of likely N-dealkylation sites (tertiary alicyclic amines) is 1. The molecular formula is C16H34N4O. The van der Waals surface area contributed by atoms with Crippen LogP contribution in [0, 0.1) is 0 Å². The topological polar surface area (TPSA) is 48.9 Å². The number of hydrogen-bond donors (Lipinski definition) is 2. The zero-order valence-electron chi connectivity index (χ0n) is 14.0. The molecular weight excluding hydrogens is 264 g/mol. The van der Waals surface area contributed by atoms with Crippen molar-refractivity contribution in [1.82, 2.24) is 15.5 Å². The molecule has 1 saturated heterocycles. The maximum absolute atomic E-state index is 5.03. The van der Waals surface area contributed by atoms with E-state index in [1.54, 1.807) is 7.11 Å². The number of methoxy groups -OCH3 is 1. The Balaban J connectivity index is 1.91. The summed E-state index contributed by atoms with van der Waals surface area (Å²) in [7, 11) is 3.55. The van der Waals surface area contributed by atoms with Gasteiger partial charge < -0.3 is 20.3 Å². The molecule has 0 saturated carbocycles. The molecule has 1 heterocycles. The van der Waals surface area contributed by atoms with Crippen LogP contribution in [-0.2, 0) is 4.74 Å². The highest BCUT2D eigenvalue weighted by molar-refractivity contribution is 5.79. The Morgan fingerprint density at radius 2 is 1.71 bits per heavy atom. The summed E-state index contributed by atoms with van der Waals surface area (Å²) in [6.07, 6.45) is 9.06. The predicted molar refractivity (Wildman–Crippen MR) is 90.0 cm³/mol. The zero-order valence-corrected chi connectivity index (χ0v) is 14.0. The van der Waals surface area contributed by atoms with Crippen molar-refractivity contribution in [3.63, 3.8) is 0 Å². The monoisotopic (exact) mass is 298 g/mol. The van der Waals surface area contributed by atoms with Gasteiger partial charge in [-0.15, -0.1) is 0 Å². The molecule has 5 nitrogen and oxygen atoms in total. The fourth-order valence-electron chi connectivity index (χ4n) is 2.67. The Hall–Kier alpha value is -0.810. The molecule has 0 aromatic carbocycles. The SMILES string of the molecule is CN=C(NCCCCCN1CCCCC1)NCCCOC. The molecule has 1 fully saturated rings. The summed E-state index contributed by atoms with van der Waals surface area (Å²) in [5.74, 6) is 0.905. The van der Waals surface area contributed by atoms with Crippen molar-refractivity contribution in [3.05, 3.63) is 0 Å². The Bertz CT molecular complexity index is 265. The van der Waals surface area contributed by atoms with E-state index in [-0.39, 0.29) is 0 Å². The van der Waals surface area contributed by atoms with E-state index in [2.05, 4.69) is 20.5 Å². The minimum Gasteiger partial charge on any atom is -0.385 e. The van der Waals surface area contributed by atoms with Crippen molar-refractivity contribution >= 4 is 5.96 Å². The Morgan fingerprint density at radius 1 is 1.00 bits per heavy atom. The smallest absolute Gasteiger partial charge is 0.190 e. The van der Waals surface area contributed by atoms with Gasteiger partial charge in [0, 0.05) is 33.9 Å². The zero-order chi connectivity index (χ0) is 15.2. The summed E-state index contributed by atoms with van der Waals surface area (Å²) in [4.78, 5) is 6.84.